The first kappa shape index (κ1) is 17.8. The molecule has 5 nitrogen and oxygen atoms in total. The van der Waals surface area contributed by atoms with Gasteiger partial charge in [-0.1, -0.05) is 6.42 Å². The van der Waals surface area contributed by atoms with Crippen molar-refractivity contribution in [2.45, 2.75) is 51.2 Å². The normalized spacial score (nSPS) is 17.8. The van der Waals surface area contributed by atoms with Gasteiger partial charge in [0, 0.05) is 13.2 Å². The molecule has 1 aromatic carbocycles. The molecule has 2 rings (SSSR count). The van der Waals surface area contributed by atoms with E-state index in [4.69, 9.17) is 14.2 Å². The second kappa shape index (κ2) is 10.2. The lowest BCUT2D eigenvalue weighted by molar-refractivity contribution is -0.255. The van der Waals surface area contributed by atoms with E-state index < -0.39 is 5.97 Å². The van der Waals surface area contributed by atoms with Gasteiger partial charge in [0.2, 0.25) is 0 Å². The molecule has 1 aromatic rings. The summed E-state index contributed by atoms with van der Waals surface area (Å²) in [5.41, 5.74) is 0.166. The van der Waals surface area contributed by atoms with Crippen LogP contribution >= 0.6 is 0 Å². The molecule has 1 atom stereocenters. The van der Waals surface area contributed by atoms with Crippen LogP contribution in [-0.4, -0.2) is 32.1 Å². The van der Waals surface area contributed by atoms with E-state index in [2.05, 4.69) is 0 Å². The van der Waals surface area contributed by atoms with Crippen molar-refractivity contribution < 1.29 is 24.1 Å². The molecule has 0 N–H and O–H groups in total. The number of benzene rings is 1. The van der Waals surface area contributed by atoms with Gasteiger partial charge in [-0.2, -0.15) is 0 Å². The fourth-order valence-electron chi connectivity index (χ4n) is 2.49. The highest BCUT2D eigenvalue weighted by atomic mass is 16.7. The lowest BCUT2D eigenvalue weighted by atomic mass is 10.2. The monoisotopic (exact) mass is 321 g/mol. The van der Waals surface area contributed by atoms with Gasteiger partial charge in [0.25, 0.3) is 0 Å². The molecule has 5 heteroatoms. The number of carboxylic acid groups (broad SMARTS) is 1. The van der Waals surface area contributed by atoms with Gasteiger partial charge in [0.1, 0.15) is 5.75 Å². The summed E-state index contributed by atoms with van der Waals surface area (Å²) < 4.78 is 16.8. The average molecular weight is 321 g/mol. The average Bonchev–Trinajstić information content (AvgIpc) is 2.58. The molecule has 1 saturated heterocycles. The number of aromatic carboxylic acids is 1. The second-order valence-electron chi connectivity index (χ2n) is 5.74. The van der Waals surface area contributed by atoms with Gasteiger partial charge in [-0.25, -0.2) is 0 Å². The third-order valence-corrected chi connectivity index (χ3v) is 3.84. The molecular formula is C18H25O5-. The van der Waals surface area contributed by atoms with E-state index in [1.807, 2.05) is 0 Å². The van der Waals surface area contributed by atoms with Gasteiger partial charge in [0.15, 0.2) is 6.29 Å². The van der Waals surface area contributed by atoms with Crippen LogP contribution in [0, 0.1) is 0 Å². The van der Waals surface area contributed by atoms with Crippen LogP contribution in [0.2, 0.25) is 0 Å². The Hall–Kier alpha value is -1.59. The van der Waals surface area contributed by atoms with Crippen molar-refractivity contribution in [3.63, 3.8) is 0 Å². The molecule has 1 heterocycles. The predicted octanol–water partition coefficient (Wildman–Crippen LogP) is 2.53. The molecule has 128 valence electrons. The minimum Gasteiger partial charge on any atom is -0.545 e. The first-order valence-corrected chi connectivity index (χ1v) is 8.43. The Kier molecular flexibility index (Phi) is 7.90. The van der Waals surface area contributed by atoms with Crippen molar-refractivity contribution in [1.29, 1.82) is 0 Å². The molecule has 0 aliphatic carbocycles. The van der Waals surface area contributed by atoms with E-state index in [-0.39, 0.29) is 11.9 Å². The van der Waals surface area contributed by atoms with Gasteiger partial charge in [-0.15, -0.1) is 0 Å². The van der Waals surface area contributed by atoms with Crippen molar-refractivity contribution in [3.05, 3.63) is 29.8 Å². The molecule has 0 unspecified atom stereocenters. The molecule has 0 aromatic heterocycles. The Balaban J connectivity index is 1.45. The summed E-state index contributed by atoms with van der Waals surface area (Å²) in [7, 11) is 0. The highest BCUT2D eigenvalue weighted by Crippen LogP contribution is 2.15. The lowest BCUT2D eigenvalue weighted by Crippen LogP contribution is -2.22. The van der Waals surface area contributed by atoms with Crippen molar-refractivity contribution in [2.75, 3.05) is 19.8 Å². The van der Waals surface area contributed by atoms with E-state index in [1.165, 1.54) is 18.6 Å². The zero-order valence-corrected chi connectivity index (χ0v) is 13.5. The Morgan fingerprint density at radius 3 is 2.48 bits per heavy atom. The molecule has 1 fully saturated rings. The van der Waals surface area contributed by atoms with Crippen LogP contribution < -0.4 is 9.84 Å². The molecule has 23 heavy (non-hydrogen) atoms. The van der Waals surface area contributed by atoms with E-state index >= 15 is 0 Å². The molecule has 1 aliphatic rings. The van der Waals surface area contributed by atoms with E-state index in [9.17, 15) is 9.90 Å². The molecule has 0 radical (unpaired) electrons. The van der Waals surface area contributed by atoms with Gasteiger partial charge < -0.3 is 24.1 Å². The van der Waals surface area contributed by atoms with E-state index in [1.54, 1.807) is 12.1 Å². The van der Waals surface area contributed by atoms with E-state index in [0.29, 0.717) is 12.4 Å². The van der Waals surface area contributed by atoms with Crippen molar-refractivity contribution >= 4 is 5.97 Å². The third-order valence-electron chi connectivity index (χ3n) is 3.84. The van der Waals surface area contributed by atoms with Crippen LogP contribution in [0.5, 0.6) is 5.75 Å². The Labute approximate surface area is 137 Å². The lowest BCUT2D eigenvalue weighted by Gasteiger charge is -2.22. The second-order valence-corrected chi connectivity index (χ2v) is 5.74. The summed E-state index contributed by atoms with van der Waals surface area (Å²) in [4.78, 5) is 10.6. The summed E-state index contributed by atoms with van der Waals surface area (Å²) in [5, 5.41) is 10.6. The Bertz CT molecular complexity index is 451. The topological polar surface area (TPSA) is 67.8 Å². The number of ether oxygens (including phenoxy) is 3. The van der Waals surface area contributed by atoms with Crippen LogP contribution in [0.25, 0.3) is 0 Å². The molecule has 0 spiro atoms. The highest BCUT2D eigenvalue weighted by Gasteiger charge is 2.13. The first-order valence-electron chi connectivity index (χ1n) is 8.43. The maximum atomic E-state index is 10.6. The van der Waals surface area contributed by atoms with Gasteiger partial charge >= 0.3 is 0 Å². The molecule has 0 amide bonds. The van der Waals surface area contributed by atoms with Crippen molar-refractivity contribution in [2.24, 2.45) is 0 Å². The largest absolute Gasteiger partial charge is 0.545 e. The van der Waals surface area contributed by atoms with Gasteiger partial charge in [-0.3, -0.25) is 0 Å². The number of unbranched alkanes of at least 4 members (excludes halogenated alkanes) is 3. The Morgan fingerprint density at radius 1 is 1.09 bits per heavy atom. The minimum atomic E-state index is -1.17. The zero-order valence-electron chi connectivity index (χ0n) is 13.5. The summed E-state index contributed by atoms with van der Waals surface area (Å²) in [6.07, 6.45) is 7.59. The number of hydrogen-bond donors (Lipinski definition) is 0. The number of rotatable bonds is 10. The molecule has 0 bridgehead atoms. The SMILES string of the molecule is O=C([O-])c1ccc(OCCCCCCO[C@H]2CCCCO2)cc1. The van der Waals surface area contributed by atoms with Crippen LogP contribution in [0.1, 0.15) is 55.3 Å². The van der Waals surface area contributed by atoms with Gasteiger partial charge in [0.05, 0.1) is 12.6 Å². The fourth-order valence-corrected chi connectivity index (χ4v) is 2.49. The van der Waals surface area contributed by atoms with Crippen LogP contribution in [-0.2, 0) is 9.47 Å². The predicted molar refractivity (Wildman–Crippen MR) is 84.3 cm³/mol. The number of hydrogen-bond acceptors (Lipinski definition) is 5. The van der Waals surface area contributed by atoms with Crippen LogP contribution in [0.4, 0.5) is 0 Å². The first-order chi connectivity index (χ1) is 11.3. The maximum Gasteiger partial charge on any atom is 0.157 e. The van der Waals surface area contributed by atoms with Crippen LogP contribution in [0.3, 0.4) is 0 Å². The Morgan fingerprint density at radius 2 is 1.83 bits per heavy atom. The minimum absolute atomic E-state index is 0.0102. The number of carbonyl (C=O) groups is 1. The zero-order chi connectivity index (χ0) is 16.3. The smallest absolute Gasteiger partial charge is 0.157 e. The van der Waals surface area contributed by atoms with Crippen molar-refractivity contribution in [3.8, 4) is 5.75 Å². The number of carboxylic acids is 1. The summed E-state index contributed by atoms with van der Waals surface area (Å²) in [6.45, 7) is 2.22. The fraction of sp³-hybridized carbons (Fsp3) is 0.611. The van der Waals surface area contributed by atoms with Gasteiger partial charge in [-0.05, 0) is 68.4 Å². The molecular weight excluding hydrogens is 296 g/mol. The highest BCUT2D eigenvalue weighted by molar-refractivity contribution is 5.85. The molecule has 0 saturated carbocycles. The maximum absolute atomic E-state index is 10.6. The summed E-state index contributed by atoms with van der Waals surface area (Å²) >= 11 is 0. The third kappa shape index (κ3) is 7.01. The van der Waals surface area contributed by atoms with Crippen LogP contribution in [0.15, 0.2) is 24.3 Å². The number of carbonyl (C=O) groups excluding carboxylic acids is 1. The summed E-state index contributed by atoms with van der Waals surface area (Å²) in [6, 6.07) is 6.30. The standard InChI is InChI=1S/C18H26O5/c19-18(20)15-8-10-16(11-9-15)21-12-4-1-2-5-13-22-17-7-3-6-14-23-17/h8-11,17H,1-7,12-14H2,(H,19,20)/p-1/t17-/m1/s1. The quantitative estimate of drug-likeness (QED) is 0.620. The van der Waals surface area contributed by atoms with Crippen molar-refractivity contribution in [1.82, 2.24) is 0 Å². The molecule has 1 aliphatic heterocycles. The summed E-state index contributed by atoms with van der Waals surface area (Å²) in [5.74, 6) is -0.481. The van der Waals surface area contributed by atoms with E-state index in [0.717, 1.165) is 51.7 Å².